The SMILES string of the molecule is CCCCC(=O)Oc1c(C)c2c(c(OC)c1OC)OC(CC)(COc1ccc(CC3SC(=O)NC3=O)cc1)CC2=O. The summed E-state index contributed by atoms with van der Waals surface area (Å²) in [6, 6.07) is 7.24. The molecule has 10 nitrogen and oxygen atoms in total. The largest absolute Gasteiger partial charge is 0.490 e. The smallest absolute Gasteiger partial charge is 0.311 e. The summed E-state index contributed by atoms with van der Waals surface area (Å²) in [6.45, 7) is 5.68. The van der Waals surface area contributed by atoms with E-state index in [0.29, 0.717) is 36.1 Å². The predicted molar refractivity (Wildman–Crippen MR) is 153 cm³/mol. The molecule has 2 unspecified atom stereocenters. The Labute approximate surface area is 243 Å². The molecule has 1 N–H and O–H groups in total. The predicted octanol–water partition coefficient (Wildman–Crippen LogP) is 5.19. The minimum atomic E-state index is -0.980. The Morgan fingerprint density at radius 1 is 1.07 bits per heavy atom. The standard InChI is InChI=1S/C30H35NO9S/c1-6-8-9-22(33)39-24-17(3)23-20(32)15-30(7-2,40-25(23)27(37-5)26(24)36-4)16-38-19-12-10-18(11-13-19)14-21-28(34)31-29(35)41-21/h10-13,21H,6-9,14-16H2,1-5H3,(H,31,34,35). The fourth-order valence-electron chi connectivity index (χ4n) is 4.88. The summed E-state index contributed by atoms with van der Waals surface area (Å²) in [4.78, 5) is 49.4. The molecule has 0 aromatic heterocycles. The molecule has 2 amide bonds. The molecule has 1 saturated heterocycles. The van der Waals surface area contributed by atoms with E-state index in [4.69, 9.17) is 23.7 Å². The van der Waals surface area contributed by atoms with Crippen molar-refractivity contribution in [1.29, 1.82) is 0 Å². The third-order valence-electron chi connectivity index (χ3n) is 7.26. The average Bonchev–Trinajstić information content (AvgIpc) is 3.28. The van der Waals surface area contributed by atoms with Gasteiger partial charge in [0.1, 0.15) is 18.0 Å². The van der Waals surface area contributed by atoms with Crippen LogP contribution in [0.5, 0.6) is 28.7 Å². The van der Waals surface area contributed by atoms with Gasteiger partial charge in [0.05, 0.1) is 31.5 Å². The van der Waals surface area contributed by atoms with Crippen LogP contribution in [0.4, 0.5) is 4.79 Å². The van der Waals surface area contributed by atoms with Crippen molar-refractivity contribution in [2.75, 3.05) is 20.8 Å². The number of thioether (sulfide) groups is 1. The number of ketones is 1. The second-order valence-corrected chi connectivity index (χ2v) is 11.2. The highest BCUT2D eigenvalue weighted by Gasteiger charge is 2.44. The molecular formula is C30H35NO9S. The van der Waals surface area contributed by atoms with Crippen LogP contribution >= 0.6 is 11.8 Å². The van der Waals surface area contributed by atoms with E-state index in [1.165, 1.54) is 14.2 Å². The molecule has 4 rings (SSSR count). The Balaban J connectivity index is 1.55. The molecule has 0 radical (unpaired) electrons. The zero-order chi connectivity index (χ0) is 29.7. The van der Waals surface area contributed by atoms with E-state index in [2.05, 4.69) is 5.32 Å². The monoisotopic (exact) mass is 585 g/mol. The van der Waals surface area contributed by atoms with Crippen LogP contribution in [0.2, 0.25) is 0 Å². The third-order valence-corrected chi connectivity index (χ3v) is 8.24. The van der Waals surface area contributed by atoms with Gasteiger partial charge in [-0.3, -0.25) is 24.5 Å². The summed E-state index contributed by atoms with van der Waals surface area (Å²) >= 11 is 0.989. The summed E-state index contributed by atoms with van der Waals surface area (Å²) in [5, 5.41) is 1.51. The molecule has 2 heterocycles. The van der Waals surface area contributed by atoms with E-state index in [9.17, 15) is 19.2 Å². The van der Waals surface area contributed by atoms with E-state index < -0.39 is 16.8 Å². The third kappa shape index (κ3) is 6.45. The summed E-state index contributed by atoms with van der Waals surface area (Å²) in [5.41, 5.74) is 0.652. The number of methoxy groups -OCH3 is 2. The van der Waals surface area contributed by atoms with Crippen LogP contribution in [0.3, 0.4) is 0 Å². The van der Waals surface area contributed by atoms with Crippen molar-refractivity contribution in [3.63, 3.8) is 0 Å². The molecule has 0 spiro atoms. The van der Waals surface area contributed by atoms with Crippen molar-refractivity contribution < 1.29 is 42.9 Å². The minimum Gasteiger partial charge on any atom is -0.490 e. The highest BCUT2D eigenvalue weighted by molar-refractivity contribution is 8.15. The van der Waals surface area contributed by atoms with Crippen molar-refractivity contribution in [3.8, 4) is 28.7 Å². The number of hydrogen-bond acceptors (Lipinski definition) is 10. The van der Waals surface area contributed by atoms with Crippen molar-refractivity contribution in [3.05, 3.63) is 41.0 Å². The molecule has 11 heteroatoms. The quantitative estimate of drug-likeness (QED) is 0.262. The lowest BCUT2D eigenvalue weighted by Gasteiger charge is -2.38. The van der Waals surface area contributed by atoms with Crippen LogP contribution in [0.15, 0.2) is 24.3 Å². The molecule has 41 heavy (non-hydrogen) atoms. The number of Topliss-reactive ketones (excluding diaryl/α,β-unsaturated/α-hetero) is 1. The van der Waals surface area contributed by atoms with Crippen molar-refractivity contribution in [2.45, 2.75) is 70.1 Å². The van der Waals surface area contributed by atoms with Crippen LogP contribution in [0.25, 0.3) is 0 Å². The van der Waals surface area contributed by atoms with E-state index >= 15 is 0 Å². The average molecular weight is 586 g/mol. The van der Waals surface area contributed by atoms with Gasteiger partial charge >= 0.3 is 5.97 Å². The van der Waals surface area contributed by atoms with Gasteiger partial charge in [-0.15, -0.1) is 0 Å². The minimum absolute atomic E-state index is 0.0518. The number of benzene rings is 2. The highest BCUT2D eigenvalue weighted by Crippen LogP contribution is 2.53. The van der Waals surface area contributed by atoms with Crippen molar-refractivity contribution in [1.82, 2.24) is 5.32 Å². The Kier molecular flexibility index (Phi) is 9.47. The number of hydrogen-bond donors (Lipinski definition) is 1. The molecule has 220 valence electrons. The van der Waals surface area contributed by atoms with E-state index in [-0.39, 0.29) is 59.4 Å². The lowest BCUT2D eigenvalue weighted by atomic mass is 9.86. The number of esters is 1. The first-order valence-corrected chi connectivity index (χ1v) is 14.5. The Morgan fingerprint density at radius 3 is 2.37 bits per heavy atom. The van der Waals surface area contributed by atoms with E-state index in [0.717, 1.165) is 23.7 Å². The molecule has 2 aliphatic rings. The van der Waals surface area contributed by atoms with E-state index in [1.54, 1.807) is 19.1 Å². The van der Waals surface area contributed by atoms with Gasteiger partial charge in [0, 0.05) is 12.0 Å². The number of rotatable bonds is 12. The number of fused-ring (bicyclic) bond motifs is 1. The van der Waals surface area contributed by atoms with Gasteiger partial charge in [-0.05, 0) is 43.9 Å². The zero-order valence-corrected chi connectivity index (χ0v) is 24.7. The number of amides is 2. The summed E-state index contributed by atoms with van der Waals surface area (Å²) < 4.78 is 29.5. The molecule has 2 aromatic carbocycles. The molecule has 0 saturated carbocycles. The lowest BCUT2D eigenvalue weighted by Crippen LogP contribution is -2.47. The van der Waals surface area contributed by atoms with Gasteiger partial charge in [-0.2, -0.15) is 0 Å². The molecule has 2 aromatic rings. The van der Waals surface area contributed by atoms with Gasteiger partial charge in [-0.1, -0.05) is 44.2 Å². The Hall–Kier alpha value is -3.73. The van der Waals surface area contributed by atoms with Gasteiger partial charge in [0.25, 0.3) is 5.24 Å². The summed E-state index contributed by atoms with van der Waals surface area (Å²) in [6.07, 6.45) is 2.72. The second-order valence-electron chi connectivity index (χ2n) is 10.1. The topological polar surface area (TPSA) is 126 Å². The summed E-state index contributed by atoms with van der Waals surface area (Å²) in [5.74, 6) is 0.425. The van der Waals surface area contributed by atoms with Gasteiger partial charge in [0.15, 0.2) is 17.3 Å². The van der Waals surface area contributed by atoms with Crippen LogP contribution < -0.4 is 29.0 Å². The fraction of sp³-hybridized carbons (Fsp3) is 0.467. The number of imide groups is 1. The number of nitrogens with one attached hydrogen (secondary N) is 1. The first kappa shape index (κ1) is 30.2. The lowest BCUT2D eigenvalue weighted by molar-refractivity contribution is -0.134. The van der Waals surface area contributed by atoms with Gasteiger partial charge in [0.2, 0.25) is 17.4 Å². The van der Waals surface area contributed by atoms with Gasteiger partial charge in [-0.25, -0.2) is 0 Å². The normalized spacial score (nSPS) is 19.7. The number of unbranched alkanes of at least 4 members (excludes halogenated alkanes) is 1. The van der Waals surface area contributed by atoms with Gasteiger partial charge < -0.3 is 23.7 Å². The number of carbonyl (C=O) groups excluding carboxylic acids is 4. The van der Waals surface area contributed by atoms with Crippen molar-refractivity contribution >= 4 is 34.7 Å². The molecule has 1 fully saturated rings. The maximum Gasteiger partial charge on any atom is 0.311 e. The fourth-order valence-corrected chi connectivity index (χ4v) is 5.74. The number of ether oxygens (including phenoxy) is 5. The highest BCUT2D eigenvalue weighted by atomic mass is 32.2. The Bertz CT molecular complexity index is 1340. The first-order chi connectivity index (χ1) is 19.6. The molecule has 2 aliphatic heterocycles. The van der Waals surface area contributed by atoms with Crippen LogP contribution in [-0.2, 0) is 16.0 Å². The van der Waals surface area contributed by atoms with Crippen LogP contribution in [0, 0.1) is 6.92 Å². The first-order valence-electron chi connectivity index (χ1n) is 13.6. The Morgan fingerprint density at radius 2 is 1.78 bits per heavy atom. The van der Waals surface area contributed by atoms with E-state index in [1.807, 2.05) is 26.0 Å². The van der Waals surface area contributed by atoms with Crippen molar-refractivity contribution in [2.24, 2.45) is 0 Å². The summed E-state index contributed by atoms with van der Waals surface area (Å²) in [7, 11) is 2.88. The number of carbonyl (C=O) groups is 4. The second kappa shape index (κ2) is 12.8. The zero-order valence-electron chi connectivity index (χ0n) is 23.9. The molecule has 2 atom stereocenters. The molecule has 0 bridgehead atoms. The maximum absolute atomic E-state index is 13.6. The maximum atomic E-state index is 13.6. The van der Waals surface area contributed by atoms with Crippen LogP contribution in [-0.4, -0.2) is 54.6 Å². The molecular weight excluding hydrogens is 550 g/mol. The van der Waals surface area contributed by atoms with Crippen LogP contribution in [0.1, 0.15) is 67.4 Å². The molecule has 0 aliphatic carbocycles.